The molecule has 0 radical (unpaired) electrons. The van der Waals surface area contributed by atoms with Crippen LogP contribution in [0.1, 0.15) is 5.56 Å². The molecule has 0 aliphatic heterocycles. The molecule has 0 spiro atoms. The summed E-state index contributed by atoms with van der Waals surface area (Å²) in [6.07, 6.45) is 0.672. The molecule has 138 valence electrons. The van der Waals surface area contributed by atoms with Gasteiger partial charge in [0.05, 0.1) is 19.1 Å². The third-order valence-corrected chi connectivity index (χ3v) is 3.79. The molecule has 0 amide bonds. The normalized spacial score (nSPS) is 10.1. The minimum atomic E-state index is -0.895. The van der Waals surface area contributed by atoms with Crippen molar-refractivity contribution in [1.82, 2.24) is 5.32 Å². The SMILES string of the molecule is COc1ccc(CCNC(=S)Nc2ccc(F)c([N+](=O)[O-])c2)cc1OC. The Morgan fingerprint density at radius 3 is 2.58 bits per heavy atom. The van der Waals surface area contributed by atoms with Gasteiger partial charge in [0.25, 0.3) is 0 Å². The van der Waals surface area contributed by atoms with E-state index >= 15 is 0 Å². The fourth-order valence-electron chi connectivity index (χ4n) is 2.26. The molecule has 2 aromatic rings. The molecule has 0 aliphatic rings. The maximum atomic E-state index is 13.3. The summed E-state index contributed by atoms with van der Waals surface area (Å²) < 4.78 is 23.8. The molecule has 9 heteroatoms. The highest BCUT2D eigenvalue weighted by Crippen LogP contribution is 2.27. The van der Waals surface area contributed by atoms with Gasteiger partial charge in [-0.25, -0.2) is 0 Å². The van der Waals surface area contributed by atoms with Crippen molar-refractivity contribution in [1.29, 1.82) is 0 Å². The Balaban J connectivity index is 1.89. The van der Waals surface area contributed by atoms with Gasteiger partial charge < -0.3 is 20.1 Å². The number of nitrogens with zero attached hydrogens (tertiary/aromatic N) is 1. The summed E-state index contributed by atoms with van der Waals surface area (Å²) in [7, 11) is 3.14. The van der Waals surface area contributed by atoms with E-state index in [0.717, 1.165) is 17.7 Å². The standard InChI is InChI=1S/C17H18FN3O4S/c1-24-15-6-3-11(9-16(15)25-2)7-8-19-17(26)20-12-4-5-13(18)14(10-12)21(22)23/h3-6,9-10H,7-8H2,1-2H3,(H2,19,20,26). The molecule has 26 heavy (non-hydrogen) atoms. The van der Waals surface area contributed by atoms with Crippen LogP contribution >= 0.6 is 12.2 Å². The number of ether oxygens (including phenoxy) is 2. The molecule has 0 fully saturated rings. The zero-order valence-corrected chi connectivity index (χ0v) is 15.1. The van der Waals surface area contributed by atoms with E-state index in [2.05, 4.69) is 10.6 Å². The Bertz CT molecular complexity index is 817. The van der Waals surface area contributed by atoms with E-state index in [-0.39, 0.29) is 5.11 Å². The third kappa shape index (κ3) is 5.03. The summed E-state index contributed by atoms with van der Waals surface area (Å²) in [5.41, 5.74) is 0.750. The van der Waals surface area contributed by atoms with Crippen LogP contribution in [0.4, 0.5) is 15.8 Å². The molecule has 0 aliphatic carbocycles. The highest BCUT2D eigenvalue weighted by Gasteiger charge is 2.14. The lowest BCUT2D eigenvalue weighted by Crippen LogP contribution is -2.30. The molecule has 0 saturated carbocycles. The van der Waals surface area contributed by atoms with Gasteiger partial charge in [-0.3, -0.25) is 10.1 Å². The molecule has 0 unspecified atom stereocenters. The molecule has 2 rings (SSSR count). The number of rotatable bonds is 7. The lowest BCUT2D eigenvalue weighted by Gasteiger charge is -2.12. The Morgan fingerprint density at radius 2 is 1.92 bits per heavy atom. The Hall–Kier alpha value is -2.94. The van der Waals surface area contributed by atoms with Gasteiger partial charge in [-0.2, -0.15) is 4.39 Å². The summed E-state index contributed by atoms with van der Waals surface area (Å²) in [4.78, 5) is 9.97. The highest BCUT2D eigenvalue weighted by atomic mass is 32.1. The van der Waals surface area contributed by atoms with Crippen molar-refractivity contribution < 1.29 is 18.8 Å². The summed E-state index contributed by atoms with van der Waals surface area (Å²) in [5.74, 6) is 0.400. The van der Waals surface area contributed by atoms with Crippen molar-refractivity contribution in [2.75, 3.05) is 26.1 Å². The topological polar surface area (TPSA) is 85.7 Å². The number of anilines is 1. The van der Waals surface area contributed by atoms with Gasteiger partial charge in [0.2, 0.25) is 5.82 Å². The van der Waals surface area contributed by atoms with Gasteiger partial charge in [0.1, 0.15) is 0 Å². The van der Waals surface area contributed by atoms with Crippen molar-refractivity contribution in [3.8, 4) is 11.5 Å². The number of methoxy groups -OCH3 is 2. The predicted octanol–water partition coefficient (Wildman–Crippen LogP) is 3.28. The summed E-state index contributed by atoms with van der Waals surface area (Å²) in [5, 5.41) is 16.8. The van der Waals surface area contributed by atoms with Crippen molar-refractivity contribution in [3.63, 3.8) is 0 Å². The lowest BCUT2D eigenvalue weighted by atomic mass is 10.1. The number of nitro groups is 1. The third-order valence-electron chi connectivity index (χ3n) is 3.55. The van der Waals surface area contributed by atoms with Crippen LogP contribution in [0.15, 0.2) is 36.4 Å². The molecule has 0 atom stereocenters. The number of hydrogen-bond acceptors (Lipinski definition) is 5. The van der Waals surface area contributed by atoms with Gasteiger partial charge in [0.15, 0.2) is 16.6 Å². The summed E-state index contributed by atoms with van der Waals surface area (Å²) in [6, 6.07) is 9.11. The molecule has 0 saturated heterocycles. The maximum Gasteiger partial charge on any atom is 0.306 e. The van der Waals surface area contributed by atoms with Gasteiger partial charge >= 0.3 is 5.69 Å². The highest BCUT2D eigenvalue weighted by molar-refractivity contribution is 7.80. The molecule has 0 heterocycles. The Morgan fingerprint density at radius 1 is 1.19 bits per heavy atom. The minimum absolute atomic E-state index is 0.284. The van der Waals surface area contributed by atoms with E-state index in [9.17, 15) is 14.5 Å². The average Bonchev–Trinajstić information content (AvgIpc) is 2.62. The Kier molecular flexibility index (Phi) is 6.67. The smallest absolute Gasteiger partial charge is 0.306 e. The quantitative estimate of drug-likeness (QED) is 0.434. The minimum Gasteiger partial charge on any atom is -0.493 e. The van der Waals surface area contributed by atoms with Crippen LogP contribution in [0.2, 0.25) is 0 Å². The van der Waals surface area contributed by atoms with Crippen LogP contribution in [0, 0.1) is 15.9 Å². The first-order chi connectivity index (χ1) is 12.4. The first kappa shape index (κ1) is 19.4. The summed E-state index contributed by atoms with van der Waals surface area (Å²) in [6.45, 7) is 0.532. The molecular weight excluding hydrogens is 361 g/mol. The van der Waals surface area contributed by atoms with E-state index in [1.165, 1.54) is 6.07 Å². The first-order valence-electron chi connectivity index (χ1n) is 7.64. The number of halogens is 1. The first-order valence-corrected chi connectivity index (χ1v) is 8.05. The van der Waals surface area contributed by atoms with Crippen LogP contribution in [0.3, 0.4) is 0 Å². The number of hydrogen-bond donors (Lipinski definition) is 2. The molecule has 2 N–H and O–H groups in total. The van der Waals surface area contributed by atoms with Crippen molar-refractivity contribution in [2.45, 2.75) is 6.42 Å². The average molecular weight is 379 g/mol. The fourth-order valence-corrected chi connectivity index (χ4v) is 2.48. The van der Waals surface area contributed by atoms with E-state index in [0.29, 0.717) is 30.2 Å². The summed E-state index contributed by atoms with van der Waals surface area (Å²) >= 11 is 5.15. The Labute approximate surface area is 155 Å². The molecule has 2 aromatic carbocycles. The largest absolute Gasteiger partial charge is 0.493 e. The zero-order valence-electron chi connectivity index (χ0n) is 14.2. The second kappa shape index (κ2) is 8.95. The van der Waals surface area contributed by atoms with E-state index in [1.807, 2.05) is 18.2 Å². The fraction of sp³-hybridized carbons (Fsp3) is 0.235. The molecular formula is C17H18FN3O4S. The van der Waals surface area contributed by atoms with E-state index in [4.69, 9.17) is 21.7 Å². The second-order valence-electron chi connectivity index (χ2n) is 5.24. The van der Waals surface area contributed by atoms with Crippen molar-refractivity contribution in [2.24, 2.45) is 0 Å². The van der Waals surface area contributed by atoms with Gasteiger partial charge in [-0.1, -0.05) is 6.07 Å². The molecule has 7 nitrogen and oxygen atoms in total. The van der Waals surface area contributed by atoms with Crippen LogP contribution in [0.25, 0.3) is 0 Å². The van der Waals surface area contributed by atoms with Crippen molar-refractivity contribution in [3.05, 3.63) is 57.9 Å². The van der Waals surface area contributed by atoms with Gasteiger partial charge in [-0.15, -0.1) is 0 Å². The van der Waals surface area contributed by atoms with Crippen LogP contribution in [-0.4, -0.2) is 30.8 Å². The van der Waals surface area contributed by atoms with E-state index < -0.39 is 16.4 Å². The number of nitrogens with one attached hydrogen (secondary N) is 2. The zero-order chi connectivity index (χ0) is 19.1. The van der Waals surface area contributed by atoms with Gasteiger partial charge in [-0.05, 0) is 48.5 Å². The molecule has 0 aromatic heterocycles. The van der Waals surface area contributed by atoms with Crippen LogP contribution < -0.4 is 20.1 Å². The molecule has 0 bridgehead atoms. The van der Waals surface area contributed by atoms with Crippen LogP contribution in [-0.2, 0) is 6.42 Å². The number of nitro benzene ring substituents is 1. The number of benzene rings is 2. The second-order valence-corrected chi connectivity index (χ2v) is 5.65. The predicted molar refractivity (Wildman–Crippen MR) is 101 cm³/mol. The monoisotopic (exact) mass is 379 g/mol. The lowest BCUT2D eigenvalue weighted by molar-refractivity contribution is -0.387. The van der Waals surface area contributed by atoms with Crippen molar-refractivity contribution >= 4 is 28.7 Å². The van der Waals surface area contributed by atoms with E-state index in [1.54, 1.807) is 14.2 Å². The van der Waals surface area contributed by atoms with Crippen LogP contribution in [0.5, 0.6) is 11.5 Å². The number of thiocarbonyl (C=S) groups is 1. The van der Waals surface area contributed by atoms with Gasteiger partial charge in [0, 0.05) is 18.3 Å². The maximum absolute atomic E-state index is 13.3.